The maximum atomic E-state index is 12.8. The number of nitrogens with zero attached hydrogens (tertiary/aromatic N) is 4. The Morgan fingerprint density at radius 1 is 1.25 bits per heavy atom. The molecule has 2 aromatic heterocycles. The van der Waals surface area contributed by atoms with Gasteiger partial charge in [-0.1, -0.05) is 0 Å². The molecule has 8 nitrogen and oxygen atoms in total. The standard InChI is InChI=1S/C20H23N5O3/c21-5-8-28-17-3-1-14(2-4-17)20(27)25-11-15(18(26)13-25)9-16-12-24-7-6-22-19(24)10-23-16/h1-4,6-7,10,12,15,18,26H,5,8-9,11,13,21H2/t15-,18+/m0/s1. The molecule has 0 aliphatic carbocycles. The minimum atomic E-state index is -0.573. The number of amides is 1. The van der Waals surface area contributed by atoms with Crippen LogP contribution >= 0.6 is 0 Å². The Labute approximate surface area is 162 Å². The van der Waals surface area contributed by atoms with Crippen LogP contribution in [0, 0.1) is 5.92 Å². The molecule has 1 aliphatic heterocycles. The molecule has 4 rings (SSSR count). The summed E-state index contributed by atoms with van der Waals surface area (Å²) in [4.78, 5) is 23.1. The van der Waals surface area contributed by atoms with E-state index in [1.165, 1.54) is 0 Å². The Bertz CT molecular complexity index is 956. The molecule has 1 fully saturated rings. The average molecular weight is 381 g/mol. The number of β-amino-alcohol motifs (C(OH)–C–C–N with tert-alkyl or cyclic N) is 1. The lowest BCUT2D eigenvalue weighted by Gasteiger charge is -2.16. The Morgan fingerprint density at radius 2 is 2.07 bits per heavy atom. The SMILES string of the molecule is NCCOc1ccc(C(=O)N2C[C@H](Cc3cn4ccnc4cn3)[C@H](O)C2)cc1. The molecule has 0 unspecified atom stereocenters. The van der Waals surface area contributed by atoms with E-state index in [0.29, 0.717) is 44.0 Å². The first-order valence-corrected chi connectivity index (χ1v) is 9.32. The van der Waals surface area contributed by atoms with Crippen LogP contribution in [0.4, 0.5) is 0 Å². The zero-order chi connectivity index (χ0) is 19.5. The molecule has 0 radical (unpaired) electrons. The van der Waals surface area contributed by atoms with Gasteiger partial charge in [0, 0.05) is 49.7 Å². The lowest BCUT2D eigenvalue weighted by molar-refractivity contribution is 0.0764. The van der Waals surface area contributed by atoms with Gasteiger partial charge in [0.05, 0.1) is 18.0 Å². The molecule has 0 saturated carbocycles. The number of aromatic nitrogens is 3. The molecule has 3 heterocycles. The topological polar surface area (TPSA) is 106 Å². The summed E-state index contributed by atoms with van der Waals surface area (Å²) >= 11 is 0. The number of ether oxygens (including phenoxy) is 1. The number of aliphatic hydroxyl groups excluding tert-OH is 1. The molecular weight excluding hydrogens is 358 g/mol. The minimum absolute atomic E-state index is 0.0513. The molecule has 28 heavy (non-hydrogen) atoms. The van der Waals surface area contributed by atoms with E-state index in [1.807, 2.05) is 16.8 Å². The third kappa shape index (κ3) is 3.83. The maximum Gasteiger partial charge on any atom is 0.253 e. The van der Waals surface area contributed by atoms with Crippen molar-refractivity contribution in [2.45, 2.75) is 12.5 Å². The van der Waals surface area contributed by atoms with E-state index in [1.54, 1.807) is 41.6 Å². The van der Waals surface area contributed by atoms with Crippen LogP contribution in [-0.4, -0.2) is 62.6 Å². The highest BCUT2D eigenvalue weighted by Crippen LogP contribution is 2.23. The highest BCUT2D eigenvalue weighted by molar-refractivity contribution is 5.94. The fraction of sp³-hybridized carbons (Fsp3) is 0.350. The fourth-order valence-corrected chi connectivity index (χ4v) is 3.52. The molecule has 3 aromatic rings. The van der Waals surface area contributed by atoms with Crippen LogP contribution in [0.2, 0.25) is 0 Å². The van der Waals surface area contributed by atoms with Gasteiger partial charge in [0.2, 0.25) is 0 Å². The van der Waals surface area contributed by atoms with Crippen molar-refractivity contribution < 1.29 is 14.6 Å². The number of likely N-dealkylation sites (tertiary alicyclic amines) is 1. The van der Waals surface area contributed by atoms with Gasteiger partial charge in [0.1, 0.15) is 12.4 Å². The summed E-state index contributed by atoms with van der Waals surface area (Å²) in [5.41, 5.74) is 7.65. The van der Waals surface area contributed by atoms with Gasteiger partial charge in [-0.2, -0.15) is 0 Å². The number of hydrogen-bond donors (Lipinski definition) is 2. The lowest BCUT2D eigenvalue weighted by atomic mass is 10.0. The summed E-state index contributed by atoms with van der Waals surface area (Å²) in [7, 11) is 0. The van der Waals surface area contributed by atoms with Crippen molar-refractivity contribution >= 4 is 11.6 Å². The van der Waals surface area contributed by atoms with Crippen molar-refractivity contribution in [1.29, 1.82) is 0 Å². The number of rotatable bonds is 6. The van der Waals surface area contributed by atoms with Crippen LogP contribution in [0.15, 0.2) is 49.1 Å². The van der Waals surface area contributed by atoms with E-state index in [0.717, 1.165) is 11.3 Å². The monoisotopic (exact) mass is 381 g/mol. The number of benzene rings is 1. The molecule has 3 N–H and O–H groups in total. The molecule has 1 aromatic carbocycles. The summed E-state index contributed by atoms with van der Waals surface area (Å²) < 4.78 is 7.34. The van der Waals surface area contributed by atoms with Gasteiger partial charge in [0.25, 0.3) is 5.91 Å². The molecule has 2 atom stereocenters. The third-order valence-corrected chi connectivity index (χ3v) is 4.99. The zero-order valence-electron chi connectivity index (χ0n) is 15.4. The summed E-state index contributed by atoms with van der Waals surface area (Å²) in [6, 6.07) is 7.00. The predicted molar refractivity (Wildman–Crippen MR) is 103 cm³/mol. The summed E-state index contributed by atoms with van der Waals surface area (Å²) in [5.74, 6) is 0.539. The third-order valence-electron chi connectivity index (χ3n) is 4.99. The zero-order valence-corrected chi connectivity index (χ0v) is 15.4. The Kier molecular flexibility index (Phi) is 5.23. The fourth-order valence-electron chi connectivity index (χ4n) is 3.52. The van der Waals surface area contributed by atoms with Crippen molar-refractivity contribution in [3.8, 4) is 5.75 Å². The maximum absolute atomic E-state index is 12.8. The number of carbonyl (C=O) groups is 1. The quantitative estimate of drug-likeness (QED) is 0.652. The normalized spacial score (nSPS) is 19.3. The van der Waals surface area contributed by atoms with E-state index in [4.69, 9.17) is 10.5 Å². The molecule has 146 valence electrons. The highest BCUT2D eigenvalue weighted by Gasteiger charge is 2.34. The summed E-state index contributed by atoms with van der Waals surface area (Å²) in [6.07, 6.45) is 7.25. The summed E-state index contributed by atoms with van der Waals surface area (Å²) in [5, 5.41) is 10.5. The molecular formula is C20H23N5O3. The number of imidazole rings is 1. The van der Waals surface area contributed by atoms with Crippen molar-refractivity contribution in [1.82, 2.24) is 19.3 Å². The Hall–Kier alpha value is -2.97. The van der Waals surface area contributed by atoms with Gasteiger partial charge in [-0.05, 0) is 30.7 Å². The van der Waals surface area contributed by atoms with E-state index < -0.39 is 6.10 Å². The Balaban J connectivity index is 1.40. The van der Waals surface area contributed by atoms with Crippen molar-refractivity contribution in [2.24, 2.45) is 11.7 Å². The Morgan fingerprint density at radius 3 is 2.86 bits per heavy atom. The number of fused-ring (bicyclic) bond motifs is 1. The first-order chi connectivity index (χ1) is 13.6. The first-order valence-electron chi connectivity index (χ1n) is 9.32. The van der Waals surface area contributed by atoms with Crippen molar-refractivity contribution in [2.75, 3.05) is 26.2 Å². The summed E-state index contributed by atoms with van der Waals surface area (Å²) in [6.45, 7) is 1.69. The van der Waals surface area contributed by atoms with Crippen LogP contribution < -0.4 is 10.5 Å². The second kappa shape index (κ2) is 7.95. The average Bonchev–Trinajstić information content (AvgIpc) is 3.32. The second-order valence-electron chi connectivity index (χ2n) is 6.97. The van der Waals surface area contributed by atoms with E-state index >= 15 is 0 Å². The predicted octanol–water partition coefficient (Wildman–Crippen LogP) is 0.742. The highest BCUT2D eigenvalue weighted by atomic mass is 16.5. The number of carbonyl (C=O) groups excluding carboxylic acids is 1. The van der Waals surface area contributed by atoms with Crippen molar-refractivity contribution in [3.63, 3.8) is 0 Å². The smallest absolute Gasteiger partial charge is 0.253 e. The van der Waals surface area contributed by atoms with Crippen LogP contribution in [0.25, 0.3) is 5.65 Å². The van der Waals surface area contributed by atoms with Crippen LogP contribution in [0.5, 0.6) is 5.75 Å². The van der Waals surface area contributed by atoms with Crippen LogP contribution in [0.3, 0.4) is 0 Å². The molecule has 8 heteroatoms. The second-order valence-corrected chi connectivity index (χ2v) is 6.97. The van der Waals surface area contributed by atoms with Gasteiger partial charge in [0.15, 0.2) is 5.65 Å². The lowest BCUT2D eigenvalue weighted by Crippen LogP contribution is -2.29. The molecule has 0 spiro atoms. The van der Waals surface area contributed by atoms with Gasteiger partial charge in [-0.25, -0.2) is 4.98 Å². The molecule has 0 bridgehead atoms. The number of aliphatic hydroxyl groups is 1. The van der Waals surface area contributed by atoms with Crippen LogP contribution in [-0.2, 0) is 6.42 Å². The largest absolute Gasteiger partial charge is 0.492 e. The van der Waals surface area contributed by atoms with Crippen LogP contribution in [0.1, 0.15) is 16.1 Å². The number of hydrogen-bond acceptors (Lipinski definition) is 6. The van der Waals surface area contributed by atoms with Gasteiger partial charge in [-0.15, -0.1) is 0 Å². The first kappa shape index (κ1) is 18.4. The number of nitrogens with two attached hydrogens (primary N) is 1. The van der Waals surface area contributed by atoms with E-state index in [2.05, 4.69) is 9.97 Å². The molecule has 1 aliphatic rings. The van der Waals surface area contributed by atoms with E-state index in [-0.39, 0.29) is 11.8 Å². The van der Waals surface area contributed by atoms with Gasteiger partial charge < -0.3 is 24.9 Å². The van der Waals surface area contributed by atoms with Gasteiger partial charge >= 0.3 is 0 Å². The van der Waals surface area contributed by atoms with Gasteiger partial charge in [-0.3, -0.25) is 9.78 Å². The van der Waals surface area contributed by atoms with Crippen molar-refractivity contribution in [3.05, 3.63) is 60.3 Å². The molecule has 1 saturated heterocycles. The molecule has 1 amide bonds. The minimum Gasteiger partial charge on any atom is -0.492 e. The van der Waals surface area contributed by atoms with E-state index in [9.17, 15) is 9.90 Å².